The number of hydrogen-bond donors (Lipinski definition) is 0. The van der Waals surface area contributed by atoms with E-state index in [-0.39, 0.29) is 11.7 Å². The number of fused-ring (bicyclic) bond motifs is 4. The number of nitrogens with zero attached hydrogens (tertiary/aromatic N) is 2. The van der Waals surface area contributed by atoms with Crippen LogP contribution in [0.5, 0.6) is 11.5 Å². The number of benzene rings is 2. The second-order valence-electron chi connectivity index (χ2n) is 7.61. The van der Waals surface area contributed by atoms with Gasteiger partial charge in [-0.15, -0.1) is 0 Å². The molecule has 3 aromatic rings. The largest absolute Gasteiger partial charge is 0.494 e. The molecule has 0 atom stereocenters. The van der Waals surface area contributed by atoms with Crippen molar-refractivity contribution >= 4 is 17.5 Å². The van der Waals surface area contributed by atoms with Crippen LogP contribution in [0, 0.1) is 5.82 Å². The number of piperidine rings is 1. The summed E-state index contributed by atoms with van der Waals surface area (Å²) in [7, 11) is 1.39. The molecule has 2 aliphatic rings. The number of rotatable bonds is 2. The van der Waals surface area contributed by atoms with E-state index in [1.54, 1.807) is 4.90 Å². The van der Waals surface area contributed by atoms with Crippen molar-refractivity contribution in [3.63, 3.8) is 0 Å². The maximum atomic E-state index is 13.7. The molecule has 2 aromatic carbocycles. The Morgan fingerprint density at radius 2 is 1.97 bits per heavy atom. The van der Waals surface area contributed by atoms with E-state index in [9.17, 15) is 9.18 Å². The van der Waals surface area contributed by atoms with Crippen molar-refractivity contribution in [2.45, 2.75) is 18.4 Å². The lowest BCUT2D eigenvalue weighted by Gasteiger charge is -2.45. The van der Waals surface area contributed by atoms with Gasteiger partial charge in [0.2, 0.25) is 0 Å². The van der Waals surface area contributed by atoms with Gasteiger partial charge in [0.15, 0.2) is 17.2 Å². The van der Waals surface area contributed by atoms with Crippen LogP contribution in [0.1, 0.15) is 28.9 Å². The monoisotopic (exact) mass is 426 g/mol. The summed E-state index contributed by atoms with van der Waals surface area (Å²) in [6, 6.07) is 13.9. The molecule has 154 valence electrons. The maximum Gasteiger partial charge on any atom is 0.253 e. The fourth-order valence-electron chi connectivity index (χ4n) is 4.40. The Morgan fingerprint density at radius 3 is 2.73 bits per heavy atom. The molecule has 1 fully saturated rings. The highest BCUT2D eigenvalue weighted by atomic mass is 35.5. The topological polar surface area (TPSA) is 43.7 Å². The number of methoxy groups -OCH3 is 1. The minimum absolute atomic E-state index is 0.0660. The first-order valence-corrected chi connectivity index (χ1v) is 10.2. The minimum Gasteiger partial charge on any atom is -0.494 e. The van der Waals surface area contributed by atoms with Gasteiger partial charge in [0.05, 0.1) is 18.5 Å². The molecule has 5 nitrogen and oxygen atoms in total. The van der Waals surface area contributed by atoms with Crippen LogP contribution >= 0.6 is 11.6 Å². The summed E-state index contributed by atoms with van der Waals surface area (Å²) < 4.78 is 27.3. The molecule has 0 unspecified atom stereocenters. The Labute approximate surface area is 178 Å². The summed E-state index contributed by atoms with van der Waals surface area (Å²) in [5, 5.41) is 0.623. The third kappa shape index (κ3) is 2.94. The summed E-state index contributed by atoms with van der Waals surface area (Å²) in [6.07, 6.45) is 3.31. The lowest BCUT2D eigenvalue weighted by Crippen LogP contribution is -2.50. The summed E-state index contributed by atoms with van der Waals surface area (Å²) >= 11 is 6.19. The van der Waals surface area contributed by atoms with Crippen molar-refractivity contribution in [2.75, 3.05) is 20.2 Å². The highest BCUT2D eigenvalue weighted by molar-refractivity contribution is 6.30. The third-order valence-electron chi connectivity index (χ3n) is 5.96. The fraction of sp³-hybridized carbons (Fsp3) is 0.261. The average Bonchev–Trinajstić information content (AvgIpc) is 3.25. The van der Waals surface area contributed by atoms with Crippen molar-refractivity contribution in [1.29, 1.82) is 0 Å². The van der Waals surface area contributed by atoms with Crippen molar-refractivity contribution in [3.8, 4) is 17.2 Å². The molecular formula is C23H20ClFN2O3. The summed E-state index contributed by atoms with van der Waals surface area (Å²) in [6.45, 7) is 1.05. The molecule has 1 spiro atoms. The first-order valence-electron chi connectivity index (χ1n) is 9.80. The summed E-state index contributed by atoms with van der Waals surface area (Å²) in [5.41, 5.74) is 1.93. The van der Waals surface area contributed by atoms with Crippen LogP contribution in [-0.4, -0.2) is 35.6 Å². The fourth-order valence-corrected chi connectivity index (χ4v) is 4.56. The molecule has 1 aromatic heterocycles. The molecule has 1 amide bonds. The van der Waals surface area contributed by atoms with Gasteiger partial charge in [-0.05, 0) is 42.5 Å². The molecular weight excluding hydrogens is 407 g/mol. The van der Waals surface area contributed by atoms with Crippen molar-refractivity contribution in [1.82, 2.24) is 9.47 Å². The van der Waals surface area contributed by atoms with E-state index in [2.05, 4.69) is 10.6 Å². The highest BCUT2D eigenvalue weighted by Gasteiger charge is 2.44. The molecule has 1 saturated heterocycles. The molecule has 0 radical (unpaired) electrons. The second kappa shape index (κ2) is 7.06. The molecule has 30 heavy (non-hydrogen) atoms. The second-order valence-corrected chi connectivity index (χ2v) is 8.05. The first kappa shape index (κ1) is 19.0. The van der Waals surface area contributed by atoms with E-state index >= 15 is 0 Å². The van der Waals surface area contributed by atoms with E-state index < -0.39 is 11.4 Å². The van der Waals surface area contributed by atoms with Gasteiger partial charge in [0.25, 0.3) is 5.91 Å². The lowest BCUT2D eigenvalue weighted by atomic mass is 9.86. The summed E-state index contributed by atoms with van der Waals surface area (Å²) in [4.78, 5) is 14.8. The first-order chi connectivity index (χ1) is 14.5. The van der Waals surface area contributed by atoms with Crippen LogP contribution in [0.25, 0.3) is 5.69 Å². The quantitative estimate of drug-likeness (QED) is 0.591. The average molecular weight is 427 g/mol. The van der Waals surface area contributed by atoms with E-state index in [4.69, 9.17) is 21.1 Å². The zero-order chi connectivity index (χ0) is 20.9. The van der Waals surface area contributed by atoms with Crippen LogP contribution in [0.2, 0.25) is 5.02 Å². The number of aromatic nitrogens is 1. The smallest absolute Gasteiger partial charge is 0.253 e. The number of carbonyl (C=O) groups excluding carboxylic acids is 1. The number of likely N-dealkylation sites (tertiary alicyclic amines) is 1. The van der Waals surface area contributed by atoms with E-state index in [0.717, 1.165) is 17.1 Å². The van der Waals surface area contributed by atoms with Gasteiger partial charge in [-0.1, -0.05) is 11.6 Å². The Hall–Kier alpha value is -2.99. The Kier molecular flexibility index (Phi) is 4.47. The molecule has 5 rings (SSSR count). The standard InChI is InChI=1S/C23H20ClFN2O3/c1-29-19-13-15(4-6-17(19)25)22(28)26-11-8-23(9-12-26)21-3-2-10-27(21)18-7-5-16(24)14-20(18)30-23/h2-7,10,13-14H,8-9,11-12H2,1H3. The number of ether oxygens (including phenoxy) is 2. The summed E-state index contributed by atoms with van der Waals surface area (Å²) in [5.74, 6) is 0.184. The third-order valence-corrected chi connectivity index (χ3v) is 6.19. The molecule has 2 aliphatic heterocycles. The minimum atomic E-state index is -0.515. The number of carbonyl (C=O) groups is 1. The van der Waals surface area contributed by atoms with Gasteiger partial charge in [0.1, 0.15) is 5.75 Å². The zero-order valence-corrected chi connectivity index (χ0v) is 17.2. The van der Waals surface area contributed by atoms with Crippen molar-refractivity contribution in [2.24, 2.45) is 0 Å². The normalized spacial score (nSPS) is 16.6. The van der Waals surface area contributed by atoms with Crippen LogP contribution < -0.4 is 9.47 Å². The SMILES string of the molecule is COc1cc(C(=O)N2CCC3(CC2)Oc2cc(Cl)ccc2-n2cccc23)ccc1F. The predicted molar refractivity (Wildman–Crippen MR) is 111 cm³/mol. The Bertz CT molecular complexity index is 1140. The van der Waals surface area contributed by atoms with Gasteiger partial charge >= 0.3 is 0 Å². The van der Waals surface area contributed by atoms with E-state index in [1.165, 1.54) is 25.3 Å². The number of halogens is 2. The number of hydrogen-bond acceptors (Lipinski definition) is 3. The molecule has 3 heterocycles. The van der Waals surface area contributed by atoms with Gasteiger partial charge in [-0.25, -0.2) is 4.39 Å². The van der Waals surface area contributed by atoms with Crippen LogP contribution in [0.15, 0.2) is 54.7 Å². The van der Waals surface area contributed by atoms with Crippen LogP contribution in [-0.2, 0) is 5.60 Å². The van der Waals surface area contributed by atoms with Gasteiger partial charge in [-0.3, -0.25) is 4.79 Å². The number of amides is 1. The van der Waals surface area contributed by atoms with Crippen molar-refractivity contribution < 1.29 is 18.7 Å². The van der Waals surface area contributed by atoms with Gasteiger partial charge < -0.3 is 18.9 Å². The van der Waals surface area contributed by atoms with Crippen LogP contribution in [0.3, 0.4) is 0 Å². The van der Waals surface area contributed by atoms with Crippen molar-refractivity contribution in [3.05, 3.63) is 76.8 Å². The van der Waals surface area contributed by atoms with Crippen LogP contribution in [0.4, 0.5) is 4.39 Å². The Morgan fingerprint density at radius 1 is 1.17 bits per heavy atom. The molecule has 0 saturated carbocycles. The molecule has 0 N–H and O–H groups in total. The lowest BCUT2D eigenvalue weighted by molar-refractivity contribution is -0.00930. The van der Waals surface area contributed by atoms with Gasteiger partial charge in [0, 0.05) is 48.8 Å². The van der Waals surface area contributed by atoms with E-state index in [1.807, 2.05) is 30.5 Å². The molecule has 0 aliphatic carbocycles. The molecule has 7 heteroatoms. The zero-order valence-electron chi connectivity index (χ0n) is 16.4. The maximum absolute atomic E-state index is 13.7. The van der Waals surface area contributed by atoms with E-state index in [0.29, 0.717) is 36.5 Å². The molecule has 0 bridgehead atoms. The van der Waals surface area contributed by atoms with Gasteiger partial charge in [-0.2, -0.15) is 0 Å². The highest BCUT2D eigenvalue weighted by Crippen LogP contribution is 2.45. The predicted octanol–water partition coefficient (Wildman–Crippen LogP) is 4.80. The Balaban J connectivity index is 1.40.